The summed E-state index contributed by atoms with van der Waals surface area (Å²) in [4.78, 5) is 10.2. The minimum absolute atomic E-state index is 0.0250. The molecule has 1 aliphatic rings. The molecule has 1 atom stereocenters. The van der Waals surface area contributed by atoms with E-state index in [0.29, 0.717) is 18.3 Å². The zero-order chi connectivity index (χ0) is 10.8. The fourth-order valence-corrected chi connectivity index (χ4v) is 2.12. The minimum atomic E-state index is -4.28. The number of hydrogen-bond donors (Lipinski definition) is 2. The molecule has 0 saturated heterocycles. The van der Waals surface area contributed by atoms with Gasteiger partial charge in [-0.15, -0.1) is 0 Å². The Morgan fingerprint density at radius 3 is 2.71 bits per heavy atom. The Morgan fingerprint density at radius 2 is 2.29 bits per heavy atom. The highest BCUT2D eigenvalue weighted by Gasteiger charge is 2.23. The molecule has 0 aromatic heterocycles. The molecular weight excluding hydrogens is 206 g/mol. The summed E-state index contributed by atoms with van der Waals surface area (Å²) in [7, 11) is -4.28. The van der Waals surface area contributed by atoms with E-state index in [1.54, 1.807) is 6.08 Å². The maximum Gasteiger partial charge on any atom is 0.294 e. The number of carbonyl (C=O) groups excluding carboxylic acids is 1. The molecule has 0 heterocycles. The first-order chi connectivity index (χ1) is 6.49. The van der Waals surface area contributed by atoms with E-state index in [-0.39, 0.29) is 11.4 Å². The summed E-state index contributed by atoms with van der Waals surface area (Å²) >= 11 is 0. The molecule has 0 aliphatic heterocycles. The van der Waals surface area contributed by atoms with Crippen molar-refractivity contribution in [3.8, 4) is 0 Å². The zero-order valence-corrected chi connectivity index (χ0v) is 8.20. The lowest BCUT2D eigenvalue weighted by atomic mass is 9.98. The van der Waals surface area contributed by atoms with Crippen LogP contribution in [0.1, 0.15) is 6.42 Å². The quantitative estimate of drug-likeness (QED) is 0.506. The fraction of sp³-hybridized carbons (Fsp3) is 0.375. The Morgan fingerprint density at radius 1 is 1.64 bits per heavy atom. The maximum absolute atomic E-state index is 10.9. The van der Waals surface area contributed by atoms with Gasteiger partial charge in [0, 0.05) is 12.5 Å². The van der Waals surface area contributed by atoms with Gasteiger partial charge in [0.2, 0.25) is 0 Å². The first kappa shape index (κ1) is 11.1. The summed E-state index contributed by atoms with van der Waals surface area (Å²) in [6.45, 7) is 0.0250. The van der Waals surface area contributed by atoms with Gasteiger partial charge in [-0.25, -0.2) is 0 Å². The van der Waals surface area contributed by atoms with Crippen molar-refractivity contribution in [2.75, 3.05) is 6.54 Å². The van der Waals surface area contributed by atoms with E-state index in [0.717, 1.165) is 0 Å². The second-order valence-corrected chi connectivity index (χ2v) is 4.37. The maximum atomic E-state index is 10.9. The molecular formula is C8H11NO4S. The summed E-state index contributed by atoms with van der Waals surface area (Å²) < 4.78 is 30.6. The highest BCUT2D eigenvalue weighted by Crippen LogP contribution is 2.24. The minimum Gasteiger partial charge on any atom is -0.326 e. The van der Waals surface area contributed by atoms with E-state index in [4.69, 9.17) is 10.3 Å². The molecule has 0 fully saturated rings. The highest BCUT2D eigenvalue weighted by molar-refractivity contribution is 7.90. The summed E-state index contributed by atoms with van der Waals surface area (Å²) in [6.07, 6.45) is 3.84. The molecule has 14 heavy (non-hydrogen) atoms. The van der Waals surface area contributed by atoms with Gasteiger partial charge in [-0.05, 0) is 12.0 Å². The Kier molecular flexibility index (Phi) is 3.20. The highest BCUT2D eigenvalue weighted by atomic mass is 32.2. The second kappa shape index (κ2) is 4.04. The molecule has 0 aromatic carbocycles. The average Bonchev–Trinajstić information content (AvgIpc) is 2.15. The van der Waals surface area contributed by atoms with Crippen LogP contribution in [0.5, 0.6) is 0 Å². The normalized spacial score (nSPS) is 22.6. The fourth-order valence-electron chi connectivity index (χ4n) is 1.28. The van der Waals surface area contributed by atoms with Crippen molar-refractivity contribution in [3.05, 3.63) is 22.6 Å². The summed E-state index contributed by atoms with van der Waals surface area (Å²) in [5.41, 5.74) is 5.66. The number of allylic oxidation sites excluding steroid dienone is 2. The molecule has 0 bridgehead atoms. The van der Waals surface area contributed by atoms with Crippen molar-refractivity contribution in [1.82, 2.24) is 0 Å². The van der Waals surface area contributed by atoms with Crippen molar-refractivity contribution in [2.24, 2.45) is 11.7 Å². The van der Waals surface area contributed by atoms with Crippen LogP contribution in [0.4, 0.5) is 0 Å². The predicted octanol–water partition coefficient (Wildman–Crippen LogP) is -0.138. The van der Waals surface area contributed by atoms with Crippen molar-refractivity contribution in [3.63, 3.8) is 0 Å². The van der Waals surface area contributed by atoms with Crippen LogP contribution in [0.15, 0.2) is 22.6 Å². The largest absolute Gasteiger partial charge is 0.326 e. The van der Waals surface area contributed by atoms with Crippen LogP contribution in [0.3, 0.4) is 0 Å². The Balaban J connectivity index is 3.13. The van der Waals surface area contributed by atoms with Gasteiger partial charge >= 0.3 is 0 Å². The lowest BCUT2D eigenvalue weighted by Gasteiger charge is -2.15. The summed E-state index contributed by atoms with van der Waals surface area (Å²) in [5, 5.41) is 0. The van der Waals surface area contributed by atoms with E-state index in [9.17, 15) is 13.2 Å². The Hall–Kier alpha value is -0.980. The topological polar surface area (TPSA) is 97.5 Å². The molecule has 1 aliphatic carbocycles. The Labute approximate surface area is 82.0 Å². The predicted molar refractivity (Wildman–Crippen MR) is 50.9 cm³/mol. The van der Waals surface area contributed by atoms with Gasteiger partial charge < -0.3 is 10.5 Å². The van der Waals surface area contributed by atoms with Crippen molar-refractivity contribution < 1.29 is 17.8 Å². The van der Waals surface area contributed by atoms with Crippen LogP contribution in [-0.2, 0) is 14.9 Å². The van der Waals surface area contributed by atoms with Crippen LogP contribution in [0, 0.1) is 5.92 Å². The third-order valence-corrected chi connectivity index (χ3v) is 2.95. The first-order valence-corrected chi connectivity index (χ1v) is 5.47. The van der Waals surface area contributed by atoms with Crippen LogP contribution >= 0.6 is 0 Å². The summed E-state index contributed by atoms with van der Waals surface area (Å²) in [5.74, 6) is -0.498. The van der Waals surface area contributed by atoms with Crippen LogP contribution in [0.2, 0.25) is 0 Å². The lowest BCUT2D eigenvalue weighted by molar-refractivity contribution is -0.109. The van der Waals surface area contributed by atoms with Gasteiger partial charge in [-0.2, -0.15) is 8.42 Å². The Bertz CT molecular complexity index is 394. The molecule has 0 saturated carbocycles. The number of nitrogens with two attached hydrogens (primary N) is 1. The molecule has 0 spiro atoms. The lowest BCUT2D eigenvalue weighted by Crippen LogP contribution is -2.17. The molecule has 3 N–H and O–H groups in total. The molecule has 78 valence electrons. The van der Waals surface area contributed by atoms with E-state index in [1.807, 2.05) is 0 Å². The van der Waals surface area contributed by atoms with Crippen LogP contribution in [-0.4, -0.2) is 25.8 Å². The van der Waals surface area contributed by atoms with Crippen LogP contribution in [0.25, 0.3) is 0 Å². The smallest absolute Gasteiger partial charge is 0.294 e. The van der Waals surface area contributed by atoms with Gasteiger partial charge in [0.25, 0.3) is 10.1 Å². The number of rotatable bonds is 3. The second-order valence-electron chi connectivity index (χ2n) is 2.98. The van der Waals surface area contributed by atoms with E-state index in [1.165, 1.54) is 6.08 Å². The molecule has 0 radical (unpaired) electrons. The number of carbonyl (C=O) groups is 1. The molecule has 1 rings (SSSR count). The van der Waals surface area contributed by atoms with Gasteiger partial charge in [0.15, 0.2) is 0 Å². The van der Waals surface area contributed by atoms with Gasteiger partial charge in [-0.1, -0.05) is 12.2 Å². The first-order valence-electron chi connectivity index (χ1n) is 4.03. The van der Waals surface area contributed by atoms with Crippen molar-refractivity contribution in [2.45, 2.75) is 6.42 Å². The average molecular weight is 217 g/mol. The van der Waals surface area contributed by atoms with Crippen LogP contribution < -0.4 is 5.73 Å². The number of hydrogen-bond acceptors (Lipinski definition) is 4. The monoisotopic (exact) mass is 217 g/mol. The summed E-state index contributed by atoms with van der Waals surface area (Å²) in [6, 6.07) is 0. The SMILES string of the molecule is NCC1=CCC(C=O)C=C1S(=O)(=O)O. The third-order valence-electron chi connectivity index (χ3n) is 1.99. The molecule has 5 nitrogen and oxygen atoms in total. The standard InChI is InChI=1S/C8H11NO4S/c9-4-7-2-1-6(5-10)3-8(7)14(11,12)13/h2-3,5-6H,1,4,9H2,(H,11,12,13). The molecule has 0 aromatic rings. The van der Waals surface area contributed by atoms with Gasteiger partial charge in [0.1, 0.15) is 6.29 Å². The van der Waals surface area contributed by atoms with Gasteiger partial charge in [-0.3, -0.25) is 4.55 Å². The zero-order valence-electron chi connectivity index (χ0n) is 7.38. The van der Waals surface area contributed by atoms with E-state index in [2.05, 4.69) is 0 Å². The molecule has 0 amide bonds. The van der Waals surface area contributed by atoms with E-state index < -0.39 is 16.0 Å². The molecule has 6 heteroatoms. The number of aldehydes is 1. The van der Waals surface area contributed by atoms with Crippen molar-refractivity contribution in [1.29, 1.82) is 0 Å². The third kappa shape index (κ3) is 2.28. The van der Waals surface area contributed by atoms with Gasteiger partial charge in [0.05, 0.1) is 4.91 Å². The molecule has 1 unspecified atom stereocenters. The van der Waals surface area contributed by atoms with Crippen molar-refractivity contribution >= 4 is 16.4 Å². The van der Waals surface area contributed by atoms with E-state index >= 15 is 0 Å².